The zero-order valence-corrected chi connectivity index (χ0v) is 16.2. The van der Waals surface area contributed by atoms with Crippen LogP contribution < -0.4 is 16.0 Å². The van der Waals surface area contributed by atoms with Gasteiger partial charge in [-0.1, -0.05) is 30.3 Å². The van der Waals surface area contributed by atoms with E-state index in [9.17, 15) is 18.0 Å². The first-order chi connectivity index (χ1) is 13.4. The van der Waals surface area contributed by atoms with Gasteiger partial charge in [0.2, 0.25) is 5.91 Å². The number of benzene rings is 1. The minimum Gasteiger partial charge on any atom is -0.357 e. The smallest absolute Gasteiger partial charge is 0.357 e. The van der Waals surface area contributed by atoms with Gasteiger partial charge in [-0.25, -0.2) is 9.98 Å². The van der Waals surface area contributed by atoms with E-state index in [0.717, 1.165) is 28.7 Å². The van der Waals surface area contributed by atoms with Crippen LogP contribution in [0.5, 0.6) is 0 Å². The third kappa shape index (κ3) is 7.55. The average molecular weight is 413 g/mol. The molecule has 0 atom stereocenters. The van der Waals surface area contributed by atoms with E-state index >= 15 is 0 Å². The highest BCUT2D eigenvalue weighted by molar-refractivity contribution is 7.09. The Morgan fingerprint density at radius 2 is 1.93 bits per heavy atom. The minimum absolute atomic E-state index is 0.0855. The second-order valence-corrected chi connectivity index (χ2v) is 6.70. The van der Waals surface area contributed by atoms with Crippen molar-refractivity contribution in [3.05, 3.63) is 52.0 Å². The molecule has 1 heterocycles. The topological polar surface area (TPSA) is 78.4 Å². The molecule has 1 aromatic heterocycles. The highest BCUT2D eigenvalue weighted by Gasteiger charge is 2.33. The maximum Gasteiger partial charge on any atom is 0.434 e. The normalized spacial score (nSPS) is 11.9. The van der Waals surface area contributed by atoms with Gasteiger partial charge in [0, 0.05) is 18.5 Å². The summed E-state index contributed by atoms with van der Waals surface area (Å²) in [4.78, 5) is 19.6. The number of nitrogens with zero attached hydrogens (tertiary/aromatic N) is 2. The standard InChI is InChI=1S/C18H22F3N5OS/c1-2-22-17(25-11-16-26-14(12-28-16)18(19,20)21)24-10-15(27)23-9-8-13-6-4-3-5-7-13/h3-7,12H,2,8-11H2,1H3,(H,23,27)(H2,22,24,25). The summed E-state index contributed by atoms with van der Waals surface area (Å²) in [6.45, 7) is 2.90. The summed E-state index contributed by atoms with van der Waals surface area (Å²) in [7, 11) is 0. The molecule has 0 unspecified atom stereocenters. The third-order valence-electron chi connectivity index (χ3n) is 3.55. The van der Waals surface area contributed by atoms with Crippen LogP contribution in [-0.4, -0.2) is 36.5 Å². The summed E-state index contributed by atoms with van der Waals surface area (Å²) >= 11 is 0.914. The fourth-order valence-electron chi connectivity index (χ4n) is 2.22. The first kappa shape index (κ1) is 21.7. The number of thiazole rings is 1. The number of nitrogens with one attached hydrogen (secondary N) is 3. The van der Waals surface area contributed by atoms with Crippen molar-refractivity contribution in [3.8, 4) is 0 Å². The molecule has 0 bridgehead atoms. The molecule has 1 aromatic carbocycles. The lowest BCUT2D eigenvalue weighted by atomic mass is 10.1. The summed E-state index contributed by atoms with van der Waals surface area (Å²) < 4.78 is 37.8. The van der Waals surface area contributed by atoms with Crippen LogP contribution >= 0.6 is 11.3 Å². The van der Waals surface area contributed by atoms with Crippen LogP contribution in [0.4, 0.5) is 13.2 Å². The van der Waals surface area contributed by atoms with Crippen LogP contribution in [0.25, 0.3) is 0 Å². The van der Waals surface area contributed by atoms with E-state index in [1.54, 1.807) is 0 Å². The fourth-order valence-corrected chi connectivity index (χ4v) is 2.96. The third-order valence-corrected chi connectivity index (χ3v) is 4.40. The van der Waals surface area contributed by atoms with Gasteiger partial charge in [-0.2, -0.15) is 13.2 Å². The first-order valence-electron chi connectivity index (χ1n) is 8.73. The number of carbonyl (C=O) groups is 1. The number of guanidine groups is 1. The number of aliphatic imine (C=N–C) groups is 1. The molecular formula is C18H22F3N5OS. The van der Waals surface area contributed by atoms with Crippen molar-refractivity contribution in [1.29, 1.82) is 0 Å². The number of halogens is 3. The summed E-state index contributed by atoms with van der Waals surface area (Å²) in [6, 6.07) is 9.79. The van der Waals surface area contributed by atoms with E-state index in [4.69, 9.17) is 0 Å². The van der Waals surface area contributed by atoms with E-state index in [1.165, 1.54) is 0 Å². The second kappa shape index (κ2) is 10.6. The molecule has 0 aliphatic carbocycles. The molecule has 2 aromatic rings. The van der Waals surface area contributed by atoms with Gasteiger partial charge in [-0.05, 0) is 18.9 Å². The Morgan fingerprint density at radius 3 is 2.57 bits per heavy atom. The van der Waals surface area contributed by atoms with Gasteiger partial charge in [-0.15, -0.1) is 11.3 Å². The predicted molar refractivity (Wildman–Crippen MR) is 103 cm³/mol. The van der Waals surface area contributed by atoms with Crippen molar-refractivity contribution in [2.24, 2.45) is 4.99 Å². The molecule has 10 heteroatoms. The Balaban J connectivity index is 1.79. The van der Waals surface area contributed by atoms with Crippen molar-refractivity contribution in [1.82, 2.24) is 20.9 Å². The van der Waals surface area contributed by atoms with E-state index < -0.39 is 11.9 Å². The van der Waals surface area contributed by atoms with Gasteiger partial charge in [0.05, 0.1) is 6.54 Å². The summed E-state index contributed by atoms with van der Waals surface area (Å²) in [5, 5.41) is 9.86. The van der Waals surface area contributed by atoms with Crippen molar-refractivity contribution >= 4 is 23.2 Å². The second-order valence-electron chi connectivity index (χ2n) is 5.76. The Bertz CT molecular complexity index is 777. The van der Waals surface area contributed by atoms with E-state index in [-0.39, 0.29) is 24.0 Å². The Morgan fingerprint density at radius 1 is 1.18 bits per heavy atom. The van der Waals surface area contributed by atoms with E-state index in [2.05, 4.69) is 25.9 Å². The van der Waals surface area contributed by atoms with Gasteiger partial charge in [0.25, 0.3) is 0 Å². The number of hydrogen-bond donors (Lipinski definition) is 3. The maximum absolute atomic E-state index is 12.6. The monoisotopic (exact) mass is 413 g/mol. The largest absolute Gasteiger partial charge is 0.434 e. The van der Waals surface area contributed by atoms with Crippen LogP contribution in [0, 0.1) is 0 Å². The fraction of sp³-hybridized carbons (Fsp3) is 0.389. The molecule has 6 nitrogen and oxygen atoms in total. The molecule has 3 N–H and O–H groups in total. The highest BCUT2D eigenvalue weighted by atomic mass is 32.1. The van der Waals surface area contributed by atoms with Gasteiger partial charge in [0.15, 0.2) is 11.7 Å². The Kier molecular flexibility index (Phi) is 8.24. The molecule has 2 rings (SSSR count). The Hall–Kier alpha value is -2.62. The number of aromatic nitrogens is 1. The summed E-state index contributed by atoms with van der Waals surface area (Å²) in [6.07, 6.45) is -3.73. The zero-order chi connectivity index (χ0) is 20.4. The predicted octanol–water partition coefficient (Wildman–Crippen LogP) is 2.58. The first-order valence-corrected chi connectivity index (χ1v) is 9.61. The van der Waals surface area contributed by atoms with Crippen molar-refractivity contribution in [2.45, 2.75) is 26.1 Å². The molecule has 1 amide bonds. The van der Waals surface area contributed by atoms with Crippen LogP contribution in [0.1, 0.15) is 23.2 Å². The van der Waals surface area contributed by atoms with E-state index in [0.29, 0.717) is 19.0 Å². The number of rotatable bonds is 8. The number of hydrogen-bond acceptors (Lipinski definition) is 4. The lowest BCUT2D eigenvalue weighted by Crippen LogP contribution is -2.38. The molecule has 152 valence electrons. The molecule has 28 heavy (non-hydrogen) atoms. The van der Waals surface area contributed by atoms with Crippen molar-refractivity contribution < 1.29 is 18.0 Å². The van der Waals surface area contributed by atoms with Crippen LogP contribution in [0.15, 0.2) is 40.7 Å². The molecular weight excluding hydrogens is 391 g/mol. The molecule has 0 saturated carbocycles. The van der Waals surface area contributed by atoms with Crippen LogP contribution in [0.2, 0.25) is 0 Å². The number of alkyl halides is 3. The lowest BCUT2D eigenvalue weighted by molar-refractivity contribution is -0.140. The summed E-state index contributed by atoms with van der Waals surface area (Å²) in [5.74, 6) is 0.103. The van der Waals surface area contributed by atoms with Crippen molar-refractivity contribution in [2.75, 3.05) is 19.6 Å². The summed E-state index contributed by atoms with van der Waals surface area (Å²) in [5.41, 5.74) is 0.219. The van der Waals surface area contributed by atoms with Gasteiger partial charge in [-0.3, -0.25) is 4.79 Å². The molecule has 0 saturated heterocycles. The highest BCUT2D eigenvalue weighted by Crippen LogP contribution is 2.29. The molecule has 0 aliphatic rings. The van der Waals surface area contributed by atoms with Crippen LogP contribution in [0.3, 0.4) is 0 Å². The maximum atomic E-state index is 12.6. The number of amides is 1. The SMILES string of the molecule is CCNC(=NCC(=O)NCCc1ccccc1)NCc1nc(C(F)(F)F)cs1. The van der Waals surface area contributed by atoms with Crippen molar-refractivity contribution in [3.63, 3.8) is 0 Å². The molecule has 0 fully saturated rings. The van der Waals surface area contributed by atoms with E-state index in [1.807, 2.05) is 37.3 Å². The number of carbonyl (C=O) groups excluding carboxylic acids is 1. The van der Waals surface area contributed by atoms with Gasteiger partial charge in [0.1, 0.15) is 11.6 Å². The van der Waals surface area contributed by atoms with Gasteiger partial charge >= 0.3 is 6.18 Å². The lowest BCUT2D eigenvalue weighted by Gasteiger charge is -2.10. The molecule has 0 radical (unpaired) electrons. The molecule has 0 spiro atoms. The van der Waals surface area contributed by atoms with Gasteiger partial charge < -0.3 is 16.0 Å². The minimum atomic E-state index is -4.45. The zero-order valence-electron chi connectivity index (χ0n) is 15.3. The average Bonchev–Trinajstić information content (AvgIpc) is 3.14. The quantitative estimate of drug-likeness (QED) is 0.459. The van der Waals surface area contributed by atoms with Crippen LogP contribution in [-0.2, 0) is 23.9 Å². The Labute approximate surface area is 165 Å². The molecule has 0 aliphatic heterocycles.